The van der Waals surface area contributed by atoms with Gasteiger partial charge in [0.15, 0.2) is 6.61 Å². The van der Waals surface area contributed by atoms with Gasteiger partial charge >= 0.3 is 0 Å². The lowest BCUT2D eigenvalue weighted by Crippen LogP contribution is -2.38. The molecule has 1 aliphatic rings. The number of carbonyl (C=O) groups excluding carboxylic acids is 2. The third-order valence-electron chi connectivity index (χ3n) is 4.33. The Morgan fingerprint density at radius 2 is 2.07 bits per heavy atom. The van der Waals surface area contributed by atoms with E-state index in [4.69, 9.17) is 9.26 Å². The molecule has 2 aromatic carbocycles. The summed E-state index contributed by atoms with van der Waals surface area (Å²) in [5, 5.41) is 6.78. The number of hydrogen-bond acceptors (Lipinski definition) is 6. The molecule has 4 rings (SSSR count). The number of nitrogens with one attached hydrogen (secondary N) is 1. The minimum Gasteiger partial charge on any atom is -0.482 e. The maximum atomic E-state index is 12.1. The normalized spacial score (nSPS) is 13.1. The van der Waals surface area contributed by atoms with Gasteiger partial charge in [-0.25, -0.2) is 0 Å². The first-order valence-electron chi connectivity index (χ1n) is 8.84. The topological polar surface area (TPSA) is 97.6 Å². The summed E-state index contributed by atoms with van der Waals surface area (Å²) in [6.45, 7) is 3.94. The monoisotopic (exact) mass is 378 g/mol. The average molecular weight is 378 g/mol. The van der Waals surface area contributed by atoms with Crippen molar-refractivity contribution in [3.05, 3.63) is 42.5 Å². The zero-order valence-electron chi connectivity index (χ0n) is 15.4. The Morgan fingerprint density at radius 3 is 2.86 bits per heavy atom. The molecule has 0 saturated heterocycles. The first-order chi connectivity index (χ1) is 13.5. The van der Waals surface area contributed by atoms with Crippen LogP contribution in [-0.2, 0) is 9.59 Å². The number of ether oxygens (including phenoxy) is 1. The highest BCUT2D eigenvalue weighted by Gasteiger charge is 2.25. The molecule has 0 fully saturated rings. The SMILES string of the molecule is CCN1C(=O)COc2ccc(-c3noc(-c4cccc(NC(C)=O)c4)n3)cc21. The molecule has 28 heavy (non-hydrogen) atoms. The summed E-state index contributed by atoms with van der Waals surface area (Å²) in [5.74, 6) is 1.14. The summed E-state index contributed by atoms with van der Waals surface area (Å²) in [6, 6.07) is 12.6. The lowest BCUT2D eigenvalue weighted by molar-refractivity contribution is -0.121. The molecule has 3 aromatic rings. The van der Waals surface area contributed by atoms with Crippen LogP contribution in [0.2, 0.25) is 0 Å². The van der Waals surface area contributed by atoms with Crippen molar-refractivity contribution in [2.45, 2.75) is 13.8 Å². The summed E-state index contributed by atoms with van der Waals surface area (Å²) in [4.78, 5) is 29.4. The van der Waals surface area contributed by atoms with E-state index in [2.05, 4.69) is 15.5 Å². The number of amides is 2. The minimum atomic E-state index is -0.158. The molecule has 1 N–H and O–H groups in total. The average Bonchev–Trinajstić information content (AvgIpc) is 3.17. The maximum absolute atomic E-state index is 12.1. The van der Waals surface area contributed by atoms with Crippen LogP contribution >= 0.6 is 0 Å². The highest BCUT2D eigenvalue weighted by Crippen LogP contribution is 2.35. The molecule has 0 unspecified atom stereocenters. The lowest BCUT2D eigenvalue weighted by Gasteiger charge is -2.28. The molecule has 1 aliphatic heterocycles. The molecule has 2 amide bonds. The number of hydrogen-bond donors (Lipinski definition) is 1. The van der Waals surface area contributed by atoms with Gasteiger partial charge in [0.25, 0.3) is 11.8 Å². The van der Waals surface area contributed by atoms with E-state index < -0.39 is 0 Å². The predicted molar refractivity (Wildman–Crippen MR) is 103 cm³/mol. The number of benzene rings is 2. The van der Waals surface area contributed by atoms with Gasteiger partial charge in [0.2, 0.25) is 11.7 Å². The number of carbonyl (C=O) groups is 2. The van der Waals surface area contributed by atoms with Crippen molar-refractivity contribution in [3.8, 4) is 28.6 Å². The van der Waals surface area contributed by atoms with Crippen molar-refractivity contribution in [3.63, 3.8) is 0 Å². The number of anilines is 2. The molecule has 0 atom stereocenters. The summed E-state index contributed by atoms with van der Waals surface area (Å²) in [7, 11) is 0. The Bertz CT molecular complexity index is 1060. The van der Waals surface area contributed by atoms with Gasteiger partial charge in [0.1, 0.15) is 5.75 Å². The molecule has 142 valence electrons. The standard InChI is InChI=1S/C20H18N4O4/c1-3-24-16-10-13(7-8-17(16)27-11-18(24)26)19-22-20(28-23-19)14-5-4-6-15(9-14)21-12(2)25/h4-10H,3,11H2,1-2H3,(H,21,25). The first-order valence-corrected chi connectivity index (χ1v) is 8.84. The van der Waals surface area contributed by atoms with E-state index >= 15 is 0 Å². The van der Waals surface area contributed by atoms with Crippen molar-refractivity contribution in [2.75, 3.05) is 23.4 Å². The van der Waals surface area contributed by atoms with Crippen molar-refractivity contribution in [1.29, 1.82) is 0 Å². The highest BCUT2D eigenvalue weighted by atomic mass is 16.5. The molecule has 0 aliphatic carbocycles. The molecule has 0 bridgehead atoms. The van der Waals surface area contributed by atoms with Gasteiger partial charge in [-0.2, -0.15) is 4.98 Å². The molecule has 0 radical (unpaired) electrons. The fourth-order valence-electron chi connectivity index (χ4n) is 3.08. The highest BCUT2D eigenvalue weighted by molar-refractivity contribution is 5.98. The summed E-state index contributed by atoms with van der Waals surface area (Å²) in [6.07, 6.45) is 0. The molecule has 8 nitrogen and oxygen atoms in total. The summed E-state index contributed by atoms with van der Waals surface area (Å²) in [5.41, 5.74) is 2.74. The Labute approximate surface area is 161 Å². The zero-order chi connectivity index (χ0) is 19.7. The molecule has 0 spiro atoms. The number of likely N-dealkylation sites (N-methyl/N-ethyl adjacent to an activating group) is 1. The van der Waals surface area contributed by atoms with E-state index in [9.17, 15) is 9.59 Å². The van der Waals surface area contributed by atoms with E-state index in [1.165, 1.54) is 6.92 Å². The summed E-state index contributed by atoms with van der Waals surface area (Å²) >= 11 is 0. The van der Waals surface area contributed by atoms with Crippen LogP contribution < -0.4 is 15.0 Å². The molecule has 8 heteroatoms. The molecule has 2 heterocycles. The maximum Gasteiger partial charge on any atom is 0.265 e. The minimum absolute atomic E-state index is 0.0389. The van der Waals surface area contributed by atoms with Gasteiger partial charge in [-0.15, -0.1) is 0 Å². The van der Waals surface area contributed by atoms with Gasteiger partial charge in [0.05, 0.1) is 5.69 Å². The Hall–Kier alpha value is -3.68. The Morgan fingerprint density at radius 1 is 1.21 bits per heavy atom. The second-order valence-electron chi connectivity index (χ2n) is 6.29. The van der Waals surface area contributed by atoms with E-state index in [0.29, 0.717) is 46.5 Å². The zero-order valence-corrected chi connectivity index (χ0v) is 15.4. The fourth-order valence-corrected chi connectivity index (χ4v) is 3.08. The van der Waals surface area contributed by atoms with Gasteiger partial charge in [-0.1, -0.05) is 11.2 Å². The van der Waals surface area contributed by atoms with Crippen molar-refractivity contribution in [1.82, 2.24) is 10.1 Å². The van der Waals surface area contributed by atoms with Crippen LogP contribution in [0.15, 0.2) is 47.0 Å². The van der Waals surface area contributed by atoms with E-state index in [0.717, 1.165) is 0 Å². The molecule has 0 saturated carbocycles. The van der Waals surface area contributed by atoms with E-state index in [-0.39, 0.29) is 18.4 Å². The van der Waals surface area contributed by atoms with E-state index in [1.807, 2.05) is 25.1 Å². The van der Waals surface area contributed by atoms with Crippen molar-refractivity contribution in [2.24, 2.45) is 0 Å². The van der Waals surface area contributed by atoms with Crippen molar-refractivity contribution >= 4 is 23.2 Å². The van der Waals surface area contributed by atoms with Gasteiger partial charge in [-0.3, -0.25) is 9.59 Å². The van der Waals surface area contributed by atoms with E-state index in [1.54, 1.807) is 29.2 Å². The molecular formula is C20H18N4O4. The van der Waals surface area contributed by atoms with Crippen molar-refractivity contribution < 1.29 is 18.8 Å². The quantitative estimate of drug-likeness (QED) is 0.749. The third-order valence-corrected chi connectivity index (χ3v) is 4.33. The second-order valence-corrected chi connectivity index (χ2v) is 6.29. The van der Waals surface area contributed by atoms with Crippen LogP contribution in [0, 0.1) is 0 Å². The second kappa shape index (κ2) is 7.15. The fraction of sp³-hybridized carbons (Fsp3) is 0.200. The number of nitrogens with zero attached hydrogens (tertiary/aromatic N) is 3. The predicted octanol–water partition coefficient (Wildman–Crippen LogP) is 3.11. The largest absolute Gasteiger partial charge is 0.482 e. The van der Waals surface area contributed by atoms with Gasteiger partial charge in [-0.05, 0) is 43.3 Å². The first kappa shape index (κ1) is 17.7. The Kier molecular flexibility index (Phi) is 4.52. The van der Waals surface area contributed by atoms with Crippen LogP contribution in [0.3, 0.4) is 0 Å². The molecular weight excluding hydrogens is 360 g/mol. The molecule has 1 aromatic heterocycles. The smallest absolute Gasteiger partial charge is 0.265 e. The van der Waals surface area contributed by atoms with Crippen LogP contribution in [0.1, 0.15) is 13.8 Å². The number of aromatic nitrogens is 2. The van der Waals surface area contributed by atoms with Crippen LogP contribution in [0.25, 0.3) is 22.8 Å². The number of fused-ring (bicyclic) bond motifs is 1. The van der Waals surface area contributed by atoms with Crippen LogP contribution in [-0.4, -0.2) is 35.1 Å². The van der Waals surface area contributed by atoms with Crippen LogP contribution in [0.5, 0.6) is 5.75 Å². The Balaban J connectivity index is 1.66. The van der Waals surface area contributed by atoms with Gasteiger partial charge < -0.3 is 19.5 Å². The lowest BCUT2D eigenvalue weighted by atomic mass is 10.1. The number of rotatable bonds is 4. The van der Waals surface area contributed by atoms with Gasteiger partial charge in [0, 0.05) is 30.3 Å². The van der Waals surface area contributed by atoms with Crippen LogP contribution in [0.4, 0.5) is 11.4 Å². The summed E-state index contributed by atoms with van der Waals surface area (Å²) < 4.78 is 10.9. The third kappa shape index (κ3) is 3.32.